The minimum absolute atomic E-state index is 0.0161. The molecule has 12 aromatic carbocycles. The lowest BCUT2D eigenvalue weighted by molar-refractivity contribution is -0.140. The van der Waals surface area contributed by atoms with Crippen LogP contribution in [0.3, 0.4) is 0 Å². The molecular weight excluding hydrogens is 2230 g/mol. The first-order valence-electron chi connectivity index (χ1n) is 47.6. The molecule has 7 unspecified atom stereocenters. The van der Waals surface area contributed by atoms with Crippen LogP contribution in [-0.2, 0) is 140 Å². The van der Waals surface area contributed by atoms with Gasteiger partial charge in [-0.15, -0.1) is 0 Å². The van der Waals surface area contributed by atoms with Gasteiger partial charge in [0.05, 0.1) is 50.6 Å². The number of hydrogen-bond acceptors (Lipinski definition) is 20. The number of alkyl halides is 3. The Labute approximate surface area is 909 Å². The topological polar surface area (TPSA) is 423 Å². The van der Waals surface area contributed by atoms with E-state index in [0.29, 0.717) is 45.7 Å². The first-order chi connectivity index (χ1) is 71.7. The number of halogens is 5. The number of carbonyl (C=O) groups is 8. The number of rotatable bonds is 37. The molecule has 12 N–H and O–H groups in total. The highest BCUT2D eigenvalue weighted by atomic mass is 79.9. The number of hydrogen-bond donors (Lipinski definition) is 10. The number of carboxylic acid groups (broad SMARTS) is 3. The van der Waals surface area contributed by atoms with Gasteiger partial charge in [0.2, 0.25) is 0 Å². The van der Waals surface area contributed by atoms with E-state index in [4.69, 9.17) is 64.3 Å². The maximum atomic E-state index is 12.1. The molecule has 11 atom stereocenters. The summed E-state index contributed by atoms with van der Waals surface area (Å²) >= 11 is 15.5. The van der Waals surface area contributed by atoms with E-state index >= 15 is 0 Å². The predicted octanol–water partition coefficient (Wildman–Crippen LogP) is 21.4. The molecule has 148 heavy (non-hydrogen) atoms. The van der Waals surface area contributed by atoms with E-state index in [9.17, 15) is 48.0 Å². The number of epoxide rings is 4. The highest BCUT2D eigenvalue weighted by molar-refractivity contribution is 9.11. The third-order valence-corrected chi connectivity index (χ3v) is 24.3. The van der Waals surface area contributed by atoms with Crippen molar-refractivity contribution in [2.24, 2.45) is 11.5 Å². The van der Waals surface area contributed by atoms with E-state index in [1.165, 1.54) is 11.1 Å². The number of benzene rings is 12. The van der Waals surface area contributed by atoms with Gasteiger partial charge in [0, 0.05) is 20.7 Å². The van der Waals surface area contributed by atoms with Crippen LogP contribution in [-0.4, -0.2) is 188 Å². The Balaban J connectivity index is 0.000000263. The Kier molecular flexibility index (Phi) is 60.7. The molecule has 4 aliphatic heterocycles. The van der Waals surface area contributed by atoms with Gasteiger partial charge in [-0.3, -0.25) is 9.59 Å². The average molecular weight is 2370 g/mol. The van der Waals surface area contributed by atoms with Crippen LogP contribution in [0.1, 0.15) is 80.6 Å². The molecule has 12 aromatic rings. The number of alkyl carbamates (subject to hydrolysis) is 5. The molecule has 4 saturated heterocycles. The third kappa shape index (κ3) is 54.1. The maximum Gasteiger partial charge on any atom is 0.408 e. The van der Waals surface area contributed by atoms with Crippen molar-refractivity contribution in [3.8, 4) is 0 Å². The molecule has 4 heterocycles. The molecule has 34 heteroatoms. The van der Waals surface area contributed by atoms with Gasteiger partial charge in [0.25, 0.3) is 0 Å². The average Bonchev–Trinajstić information content (AvgIpc) is 1.69. The highest BCUT2D eigenvalue weighted by Gasteiger charge is 2.38. The van der Waals surface area contributed by atoms with Gasteiger partial charge in [-0.25, -0.2) is 28.8 Å². The number of nitrogens with one attached hydrogen (secondary N) is 5. The minimum Gasteiger partial charge on any atom is -0.480 e. The summed E-state index contributed by atoms with van der Waals surface area (Å²) in [6.07, 6.45) is 1.66. The van der Waals surface area contributed by atoms with Crippen LogP contribution in [0.5, 0.6) is 0 Å². The summed E-state index contributed by atoms with van der Waals surface area (Å²) in [5.74, 6) is 2.41. The summed E-state index contributed by atoms with van der Waals surface area (Å²) in [4.78, 5) is 91.8. The van der Waals surface area contributed by atoms with Crippen LogP contribution in [0, 0.1) is 0 Å². The van der Waals surface area contributed by atoms with Gasteiger partial charge in [-0.2, -0.15) is 0 Å². The second kappa shape index (κ2) is 72.2. The molecule has 0 saturated carbocycles. The van der Waals surface area contributed by atoms with Crippen LogP contribution in [0.4, 0.5) is 24.0 Å². The Morgan fingerprint density at radius 1 is 0.284 bits per heavy atom. The number of amides is 5. The smallest absolute Gasteiger partial charge is 0.408 e. The molecule has 5 amide bonds. The second-order valence-electron chi connectivity index (χ2n) is 33.4. The second-order valence-corrected chi connectivity index (χ2v) is 38.4. The Morgan fingerprint density at radius 3 is 0.655 bits per heavy atom. The van der Waals surface area contributed by atoms with Crippen LogP contribution in [0.15, 0.2) is 355 Å². The molecule has 790 valence electrons. The summed E-state index contributed by atoms with van der Waals surface area (Å²) in [6, 6.07) is 107. The van der Waals surface area contributed by atoms with E-state index < -0.39 is 73.6 Å². The van der Waals surface area contributed by atoms with Crippen molar-refractivity contribution >= 4 is 140 Å². The number of carbonyl (C=O) groups excluding carboxylic acids is 5. The summed E-state index contributed by atoms with van der Waals surface area (Å²) in [6.45, 7) is 11.4. The summed E-state index contributed by atoms with van der Waals surface area (Å²) in [5.41, 5.74) is 22.7. The number of aliphatic carboxylic acids is 3. The van der Waals surface area contributed by atoms with Gasteiger partial charge in [-0.05, 0) is 160 Å². The SMILES string of the molecule is CBr.CBr.CBr.CC.CP(C)(=O)c1ccc(CC(NC(=O)OCc2ccccc2)[C@@H]2CO2)cc1.NC(Cc1ccc(Br)cc1)C(=O)O.NC(Cc1ccccc1)C(=O)O.O=C(NC(Cc1ccc(Br)cc1)[C@@H]1CO1)OCc1ccccc1.O=C(NC(Cc1ccccc1)C(=O)O)OCc1ccccc1.O=C(NC(Cc1ccccc1)[C@@H]1CO1)OCc1ccccc1.O=C(NC(Cc1ccccc1)[C@@H]1CO1)OCc1ccccc1. The van der Waals surface area contributed by atoms with Gasteiger partial charge >= 0.3 is 48.4 Å². The van der Waals surface area contributed by atoms with E-state index in [2.05, 4.69) is 106 Å². The van der Waals surface area contributed by atoms with Gasteiger partial charge in [0.15, 0.2) is 0 Å². The molecule has 0 aromatic heterocycles. The molecule has 0 bridgehead atoms. The van der Waals surface area contributed by atoms with Gasteiger partial charge < -0.3 is 101 Å². The van der Waals surface area contributed by atoms with Crippen LogP contribution in [0.2, 0.25) is 0 Å². The monoisotopic (exact) mass is 2360 g/mol. The molecule has 4 fully saturated rings. The Hall–Kier alpha value is -12.2. The quantitative estimate of drug-likeness (QED) is 0.00748. The van der Waals surface area contributed by atoms with Crippen LogP contribution >= 0.6 is 86.8 Å². The fourth-order valence-corrected chi connectivity index (χ4v) is 15.0. The lowest BCUT2D eigenvalue weighted by atomic mass is 10.0. The van der Waals surface area contributed by atoms with E-state index in [0.717, 1.165) is 89.1 Å². The van der Waals surface area contributed by atoms with Crippen molar-refractivity contribution in [1.82, 2.24) is 26.6 Å². The molecule has 0 aliphatic carbocycles. The fraction of sp³-hybridized carbons (Fsp3) is 0.298. The standard InChI is InChI=1S/C20H24NO4P.C18H18BrNO3.2C18H19NO3.C17H17NO4.C9H10BrNO2.C9H11NO2.C2H6.3CH3Br/c1-26(2,23)17-10-8-15(9-11-17)12-18(19-14-24-19)21-20(22)25-13-16-6-4-3-5-7-16;19-15-8-6-13(7-9-15)10-16(17-12-22-17)20-18(21)23-11-14-4-2-1-3-5-14;2*20-18(22-12-15-9-5-2-6-10-15)19-16(17-13-21-17)11-14-7-3-1-4-8-14;19-16(20)15(11-13-7-3-1-4-8-13)18-17(21)22-12-14-9-5-2-6-10-14;10-7-3-1-6(2-4-7)5-8(11)9(12)13;10-8(9(11)12)6-7-4-2-1-3-5-7;4*1-2/h3-11,18-19H,12-14H2,1-2H3,(H,21,22);1-9,16-17H,10-12H2,(H,20,21);2*1-10,16-17H,11-13H2,(H,19,20);1-10,15H,11-12H2,(H,18,21)(H,19,20);1-4,8H,5,11H2,(H,12,13);1-5,8H,6,10H2,(H,11,12);1-2H3;3*1H3/t18?,19-;3*16?,17-;;;;;;;/m0000......./s1. The van der Waals surface area contributed by atoms with Crippen LogP contribution in [0.25, 0.3) is 0 Å². The lowest BCUT2D eigenvalue weighted by Gasteiger charge is -2.17. The van der Waals surface area contributed by atoms with E-state index in [1.54, 1.807) is 13.3 Å². The zero-order valence-electron chi connectivity index (χ0n) is 83.8. The van der Waals surface area contributed by atoms with Crippen molar-refractivity contribution in [2.45, 2.75) is 159 Å². The third-order valence-electron chi connectivity index (χ3n) is 21.7. The van der Waals surface area contributed by atoms with E-state index in [1.807, 2.05) is 377 Å². The zero-order valence-corrected chi connectivity index (χ0v) is 92.6. The molecule has 4 aliphatic rings. The first kappa shape index (κ1) is 124. The molecule has 16 rings (SSSR count). The summed E-state index contributed by atoms with van der Waals surface area (Å²) in [5, 5.41) is 41.2. The van der Waals surface area contributed by atoms with Crippen molar-refractivity contribution in [3.05, 3.63) is 421 Å². The number of carboxylic acids is 3. The largest absolute Gasteiger partial charge is 0.480 e. The van der Waals surface area contributed by atoms with Gasteiger partial charge in [-0.1, -0.05) is 415 Å². The molecular formula is C114H133Br5N7O21P. The Bertz CT molecular complexity index is 5650. The molecule has 0 radical (unpaired) electrons. The Morgan fingerprint density at radius 2 is 0.459 bits per heavy atom. The number of nitrogens with two attached hydrogens (primary N) is 2. The van der Waals surface area contributed by atoms with Crippen molar-refractivity contribution < 1.29 is 101 Å². The summed E-state index contributed by atoms with van der Waals surface area (Å²) < 4.78 is 61.7. The lowest BCUT2D eigenvalue weighted by Crippen LogP contribution is -2.42. The molecule has 0 spiro atoms. The highest BCUT2D eigenvalue weighted by Crippen LogP contribution is 2.35. The van der Waals surface area contributed by atoms with Crippen LogP contribution < -0.4 is 43.4 Å². The van der Waals surface area contributed by atoms with Crippen molar-refractivity contribution in [1.29, 1.82) is 0 Å². The van der Waals surface area contributed by atoms with Crippen molar-refractivity contribution in [2.75, 3.05) is 57.3 Å². The van der Waals surface area contributed by atoms with Gasteiger partial charge in [0.1, 0.15) is 82.7 Å². The minimum atomic E-state index is -2.25. The maximum absolute atomic E-state index is 12.1. The fourth-order valence-electron chi connectivity index (χ4n) is 13.6. The first-order valence-corrected chi connectivity index (χ1v) is 56.6. The van der Waals surface area contributed by atoms with Crippen molar-refractivity contribution in [3.63, 3.8) is 0 Å². The molecule has 28 nitrogen and oxygen atoms in total. The number of ether oxygens (including phenoxy) is 9. The normalized spacial score (nSPS) is 14.9. The van der Waals surface area contributed by atoms with E-state index in [-0.39, 0.29) is 88.0 Å². The predicted molar refractivity (Wildman–Crippen MR) is 597 cm³/mol. The summed E-state index contributed by atoms with van der Waals surface area (Å²) in [7, 11) is -2.25. The zero-order chi connectivity index (χ0) is 108.